The molecule has 4 heterocycles. The number of fused-ring (bicyclic) bond motifs is 1. The summed E-state index contributed by atoms with van der Waals surface area (Å²) in [6, 6.07) is 10.9. The second-order valence-electron chi connectivity index (χ2n) is 7.81. The van der Waals surface area contributed by atoms with Gasteiger partial charge in [-0.3, -0.25) is 4.79 Å². The number of carbonyl (C=O) groups excluding carboxylic acids is 1. The van der Waals surface area contributed by atoms with Gasteiger partial charge in [-0.1, -0.05) is 17.4 Å². The van der Waals surface area contributed by atoms with E-state index in [-0.39, 0.29) is 11.6 Å². The van der Waals surface area contributed by atoms with Crippen molar-refractivity contribution in [3.8, 4) is 10.8 Å². The van der Waals surface area contributed by atoms with E-state index in [4.69, 9.17) is 4.42 Å². The van der Waals surface area contributed by atoms with E-state index in [2.05, 4.69) is 21.5 Å². The molecule has 5 rings (SSSR count). The van der Waals surface area contributed by atoms with Crippen molar-refractivity contribution in [3.05, 3.63) is 64.1 Å². The van der Waals surface area contributed by atoms with Gasteiger partial charge in [0.25, 0.3) is 5.56 Å². The molecule has 0 spiro atoms. The van der Waals surface area contributed by atoms with E-state index in [0.717, 1.165) is 16.8 Å². The molecule has 3 aromatic heterocycles. The Morgan fingerprint density at radius 3 is 2.53 bits per heavy atom. The third kappa shape index (κ3) is 3.96. The third-order valence-electron chi connectivity index (χ3n) is 5.33. The largest absolute Gasteiger partial charge is 0.462 e. The Morgan fingerprint density at radius 1 is 1.09 bits per heavy atom. The molecular formula is C22H22N6O3S. The normalized spacial score (nSPS) is 14.2. The van der Waals surface area contributed by atoms with Gasteiger partial charge in [0.15, 0.2) is 10.8 Å². The van der Waals surface area contributed by atoms with Crippen LogP contribution in [-0.2, 0) is 0 Å². The average Bonchev–Trinajstić information content (AvgIpc) is 3.43. The minimum absolute atomic E-state index is 0.122. The van der Waals surface area contributed by atoms with Crippen molar-refractivity contribution in [2.45, 2.75) is 13.8 Å². The summed E-state index contributed by atoms with van der Waals surface area (Å²) in [7, 11) is 0. The quantitative estimate of drug-likeness (QED) is 0.514. The molecule has 0 aliphatic carbocycles. The molecule has 10 heteroatoms. The molecule has 1 aromatic carbocycles. The van der Waals surface area contributed by atoms with Crippen LogP contribution in [0.25, 0.3) is 15.7 Å². The fraction of sp³-hybridized carbons (Fsp3) is 0.273. The Kier molecular flexibility index (Phi) is 5.14. The number of nitrogens with zero attached hydrogens (tertiary/aromatic N) is 5. The molecule has 2 amide bonds. The lowest BCUT2D eigenvalue weighted by atomic mass is 10.1. The van der Waals surface area contributed by atoms with E-state index in [0.29, 0.717) is 47.7 Å². The number of hydrogen-bond donors (Lipinski definition) is 1. The molecule has 4 aromatic rings. The number of nitrogens with one attached hydrogen (secondary N) is 1. The van der Waals surface area contributed by atoms with E-state index in [1.807, 2.05) is 30.9 Å². The Bertz CT molecular complexity index is 1320. The highest BCUT2D eigenvalue weighted by atomic mass is 32.1. The lowest BCUT2D eigenvalue weighted by Crippen LogP contribution is -2.50. The van der Waals surface area contributed by atoms with Crippen LogP contribution < -0.4 is 15.8 Å². The highest BCUT2D eigenvalue weighted by Crippen LogP contribution is 2.25. The van der Waals surface area contributed by atoms with E-state index >= 15 is 0 Å². The summed E-state index contributed by atoms with van der Waals surface area (Å²) < 4.78 is 6.67. The standard InChI is InChI=1S/C22H22N6O3S/c1-14-10-15(2)12-16(11-14)23-21(30)27-7-5-26(6-8-27)18-13-19(29)28-22(24-18)32-20(25-28)17-4-3-9-31-17/h3-4,9-13H,5-8H2,1-2H3,(H,23,30). The maximum atomic E-state index is 12.7. The van der Waals surface area contributed by atoms with Crippen molar-refractivity contribution in [2.24, 2.45) is 0 Å². The van der Waals surface area contributed by atoms with Crippen molar-refractivity contribution in [3.63, 3.8) is 0 Å². The van der Waals surface area contributed by atoms with Crippen molar-refractivity contribution in [1.29, 1.82) is 0 Å². The molecule has 164 valence electrons. The Labute approximate surface area is 187 Å². The number of piperazine rings is 1. The van der Waals surface area contributed by atoms with Gasteiger partial charge in [-0.2, -0.15) is 4.52 Å². The van der Waals surface area contributed by atoms with Crippen molar-refractivity contribution >= 4 is 33.8 Å². The molecule has 1 N–H and O–H groups in total. The molecule has 1 aliphatic heterocycles. The smallest absolute Gasteiger partial charge is 0.321 e. The zero-order valence-electron chi connectivity index (χ0n) is 17.7. The van der Waals surface area contributed by atoms with Gasteiger partial charge in [-0.15, -0.1) is 5.10 Å². The summed E-state index contributed by atoms with van der Waals surface area (Å²) in [6.07, 6.45) is 1.57. The second-order valence-corrected chi connectivity index (χ2v) is 8.77. The SMILES string of the molecule is Cc1cc(C)cc(NC(=O)N2CCN(c3cc(=O)n4nc(-c5ccco5)sc4n3)CC2)c1. The summed E-state index contributed by atoms with van der Waals surface area (Å²) in [5, 5.41) is 7.90. The lowest BCUT2D eigenvalue weighted by molar-refractivity contribution is 0.208. The predicted molar refractivity (Wildman–Crippen MR) is 124 cm³/mol. The number of furan rings is 1. The number of rotatable bonds is 3. The number of amides is 2. The van der Waals surface area contributed by atoms with Crippen LogP contribution in [-0.4, -0.2) is 51.7 Å². The van der Waals surface area contributed by atoms with Crippen molar-refractivity contribution < 1.29 is 9.21 Å². The summed E-state index contributed by atoms with van der Waals surface area (Å²) in [5.41, 5.74) is 2.77. The first-order chi connectivity index (χ1) is 15.5. The second kappa shape index (κ2) is 8.12. The van der Waals surface area contributed by atoms with Crippen LogP contribution in [0, 0.1) is 13.8 Å². The number of carbonyl (C=O) groups is 1. The van der Waals surface area contributed by atoms with Gasteiger partial charge >= 0.3 is 6.03 Å². The predicted octanol–water partition coefficient (Wildman–Crippen LogP) is 3.38. The zero-order valence-corrected chi connectivity index (χ0v) is 18.6. The maximum Gasteiger partial charge on any atom is 0.321 e. The molecule has 0 radical (unpaired) electrons. The molecule has 1 saturated heterocycles. The van der Waals surface area contributed by atoms with Gasteiger partial charge in [0.05, 0.1) is 6.26 Å². The van der Waals surface area contributed by atoms with Crippen molar-refractivity contribution in [1.82, 2.24) is 19.5 Å². The number of anilines is 2. The molecule has 0 bridgehead atoms. The Hall–Kier alpha value is -3.66. The molecule has 0 atom stereocenters. The van der Waals surface area contributed by atoms with Crippen LogP contribution in [0.15, 0.2) is 51.9 Å². The summed E-state index contributed by atoms with van der Waals surface area (Å²) in [4.78, 5) is 34.2. The van der Waals surface area contributed by atoms with Gasteiger partial charge in [0.2, 0.25) is 4.96 Å². The fourth-order valence-corrected chi connectivity index (χ4v) is 4.72. The monoisotopic (exact) mass is 450 g/mol. The van der Waals surface area contributed by atoms with Gasteiger partial charge in [0.1, 0.15) is 5.82 Å². The highest BCUT2D eigenvalue weighted by Gasteiger charge is 2.23. The first-order valence-electron chi connectivity index (χ1n) is 10.3. The lowest BCUT2D eigenvalue weighted by Gasteiger charge is -2.35. The molecule has 0 saturated carbocycles. The molecular weight excluding hydrogens is 428 g/mol. The van der Waals surface area contributed by atoms with Gasteiger partial charge in [-0.05, 0) is 49.2 Å². The topological polar surface area (TPSA) is 96.0 Å². The first-order valence-corrected chi connectivity index (χ1v) is 11.1. The zero-order chi connectivity index (χ0) is 22.2. The molecule has 32 heavy (non-hydrogen) atoms. The summed E-state index contributed by atoms with van der Waals surface area (Å²) in [6.45, 7) is 6.28. The molecule has 1 fully saturated rings. The van der Waals surface area contributed by atoms with E-state index in [1.165, 1.54) is 21.9 Å². The Morgan fingerprint density at radius 2 is 1.84 bits per heavy atom. The Balaban J connectivity index is 1.28. The van der Waals surface area contributed by atoms with Crippen molar-refractivity contribution in [2.75, 3.05) is 36.4 Å². The van der Waals surface area contributed by atoms with Crippen LogP contribution >= 0.6 is 11.3 Å². The van der Waals surface area contributed by atoms with E-state index in [1.54, 1.807) is 23.3 Å². The maximum absolute atomic E-state index is 12.7. The number of aromatic nitrogens is 3. The van der Waals surface area contributed by atoms with E-state index < -0.39 is 0 Å². The average molecular weight is 451 g/mol. The van der Waals surface area contributed by atoms with E-state index in [9.17, 15) is 9.59 Å². The first kappa shape index (κ1) is 20.3. The van der Waals surface area contributed by atoms with Crippen LogP contribution in [0.5, 0.6) is 0 Å². The number of aryl methyl sites for hydroxylation is 2. The van der Waals surface area contributed by atoms with Crippen LogP contribution in [0.3, 0.4) is 0 Å². The van der Waals surface area contributed by atoms with Gasteiger partial charge in [0, 0.05) is 37.9 Å². The van der Waals surface area contributed by atoms with Crippen LogP contribution in [0.2, 0.25) is 0 Å². The molecule has 9 nitrogen and oxygen atoms in total. The number of benzene rings is 1. The molecule has 1 aliphatic rings. The molecule has 0 unspecified atom stereocenters. The van der Waals surface area contributed by atoms with Crippen LogP contribution in [0.4, 0.5) is 16.3 Å². The van der Waals surface area contributed by atoms with Gasteiger partial charge < -0.3 is 19.5 Å². The summed E-state index contributed by atoms with van der Waals surface area (Å²) >= 11 is 1.30. The van der Waals surface area contributed by atoms with Gasteiger partial charge in [-0.25, -0.2) is 9.78 Å². The highest BCUT2D eigenvalue weighted by molar-refractivity contribution is 7.19. The minimum atomic E-state index is -0.242. The minimum Gasteiger partial charge on any atom is -0.462 e. The van der Waals surface area contributed by atoms with Crippen LogP contribution in [0.1, 0.15) is 11.1 Å². The third-order valence-corrected chi connectivity index (χ3v) is 6.25. The fourth-order valence-electron chi connectivity index (χ4n) is 3.85. The number of urea groups is 1. The number of hydrogen-bond acceptors (Lipinski definition) is 7. The summed E-state index contributed by atoms with van der Waals surface area (Å²) in [5.74, 6) is 1.20.